The fourth-order valence-corrected chi connectivity index (χ4v) is 3.34. The maximum atomic E-state index is 12.3. The Labute approximate surface area is 154 Å². The second-order valence-electron chi connectivity index (χ2n) is 5.50. The van der Waals surface area contributed by atoms with Crippen molar-refractivity contribution < 1.29 is 28.7 Å². The van der Waals surface area contributed by atoms with Crippen LogP contribution in [0.2, 0.25) is 0 Å². The molecule has 0 saturated heterocycles. The summed E-state index contributed by atoms with van der Waals surface area (Å²) in [5.74, 6) is -5.10. The second kappa shape index (κ2) is 5.22. The van der Waals surface area contributed by atoms with Gasteiger partial charge >= 0.3 is 23.9 Å². The maximum Gasteiger partial charge on any atom is 0.347 e. The van der Waals surface area contributed by atoms with Crippen LogP contribution in [0.15, 0.2) is 0 Å². The number of ether oxygens (including phenoxy) is 2. The minimum absolute atomic E-state index is 0.356. The smallest absolute Gasteiger partial charge is 0.347 e. The number of hydrogen-bond acceptors (Lipinski definition) is 8. The molecule has 2 aromatic carbocycles. The zero-order valence-electron chi connectivity index (χ0n) is 13.2. The number of esters is 4. The van der Waals surface area contributed by atoms with E-state index in [0.717, 1.165) is 0 Å². The fraction of sp³-hybridized carbons (Fsp3) is 0. The monoisotopic (exact) mass is 368 g/mol. The van der Waals surface area contributed by atoms with Crippen LogP contribution in [0.1, 0.15) is 52.6 Å². The van der Waals surface area contributed by atoms with Crippen LogP contribution >= 0.6 is 0 Å². The van der Waals surface area contributed by atoms with E-state index < -0.39 is 68.6 Å². The SMILES string of the molecule is [C-]#[N+]c1c([N+]#[C-])c2c3c(c(C#N)c(C#N)c4c3c1C(=O)OC4=O)C(=O)OC2=O. The first-order valence-electron chi connectivity index (χ1n) is 7.22. The van der Waals surface area contributed by atoms with Gasteiger partial charge in [-0.05, 0) is 0 Å². The maximum absolute atomic E-state index is 12.3. The number of carbonyl (C=O) groups excluding carboxylic acids is 4. The molecule has 4 rings (SSSR count). The van der Waals surface area contributed by atoms with Gasteiger partial charge in [-0.15, -0.1) is 0 Å². The molecule has 10 heteroatoms. The molecular weight excluding hydrogens is 368 g/mol. The van der Waals surface area contributed by atoms with Gasteiger partial charge in [0.25, 0.3) is 0 Å². The van der Waals surface area contributed by atoms with Crippen molar-refractivity contribution in [2.45, 2.75) is 0 Å². The molecule has 10 nitrogen and oxygen atoms in total. The first kappa shape index (κ1) is 16.4. The fourth-order valence-electron chi connectivity index (χ4n) is 3.34. The highest BCUT2D eigenvalue weighted by molar-refractivity contribution is 6.35. The molecule has 0 atom stereocenters. The molecule has 0 radical (unpaired) electrons. The van der Waals surface area contributed by atoms with Gasteiger partial charge < -0.3 is 9.47 Å². The van der Waals surface area contributed by atoms with E-state index in [-0.39, 0.29) is 10.8 Å². The van der Waals surface area contributed by atoms with Crippen molar-refractivity contribution in [3.8, 4) is 12.1 Å². The Balaban J connectivity index is 2.54. The molecule has 2 aliphatic heterocycles. The van der Waals surface area contributed by atoms with Crippen molar-refractivity contribution in [1.82, 2.24) is 0 Å². The number of nitriles is 2. The second-order valence-corrected chi connectivity index (χ2v) is 5.50. The number of nitrogens with zero attached hydrogens (tertiary/aromatic N) is 4. The molecule has 0 aliphatic carbocycles. The van der Waals surface area contributed by atoms with E-state index in [9.17, 15) is 29.7 Å². The van der Waals surface area contributed by atoms with Crippen LogP contribution in [0.5, 0.6) is 0 Å². The van der Waals surface area contributed by atoms with Crippen LogP contribution in [-0.2, 0) is 9.47 Å². The van der Waals surface area contributed by atoms with Gasteiger partial charge in [0.05, 0.1) is 46.5 Å². The van der Waals surface area contributed by atoms with E-state index >= 15 is 0 Å². The normalized spacial score (nSPS) is 13.7. The van der Waals surface area contributed by atoms with E-state index in [2.05, 4.69) is 19.2 Å². The molecule has 0 unspecified atom stereocenters. The molecule has 128 valence electrons. The Kier molecular flexibility index (Phi) is 3.06. The number of benzene rings is 2. The highest BCUT2D eigenvalue weighted by Crippen LogP contribution is 2.49. The van der Waals surface area contributed by atoms with Crippen molar-refractivity contribution in [1.29, 1.82) is 10.5 Å². The summed E-state index contributed by atoms with van der Waals surface area (Å²) >= 11 is 0. The van der Waals surface area contributed by atoms with Crippen molar-refractivity contribution in [2.75, 3.05) is 0 Å². The minimum Gasteiger partial charge on any atom is -0.387 e. The molecule has 0 N–H and O–H groups in total. The summed E-state index contributed by atoms with van der Waals surface area (Å²) < 4.78 is 9.17. The Bertz CT molecular complexity index is 1210. The quantitative estimate of drug-likeness (QED) is 0.391. The van der Waals surface area contributed by atoms with Gasteiger partial charge in [0.15, 0.2) is 0 Å². The van der Waals surface area contributed by atoms with Crippen LogP contribution in [0.25, 0.3) is 20.5 Å². The van der Waals surface area contributed by atoms with Gasteiger partial charge in [-0.2, -0.15) is 10.5 Å². The van der Waals surface area contributed by atoms with E-state index in [0.29, 0.717) is 0 Å². The Hall–Kier alpha value is -5.06. The number of hydrogen-bond donors (Lipinski definition) is 0. The van der Waals surface area contributed by atoms with E-state index in [1.165, 1.54) is 0 Å². The summed E-state index contributed by atoms with van der Waals surface area (Å²) in [6.45, 7) is 14.6. The average Bonchev–Trinajstić information content (AvgIpc) is 2.67. The predicted molar refractivity (Wildman–Crippen MR) is 85.4 cm³/mol. The largest absolute Gasteiger partial charge is 0.387 e. The number of carbonyl (C=O) groups is 4. The van der Waals surface area contributed by atoms with Crippen LogP contribution in [0.4, 0.5) is 11.4 Å². The summed E-state index contributed by atoms with van der Waals surface area (Å²) in [4.78, 5) is 55.6. The first-order valence-corrected chi connectivity index (χ1v) is 7.22. The third kappa shape index (κ3) is 1.65. The first-order chi connectivity index (χ1) is 13.4. The van der Waals surface area contributed by atoms with Gasteiger partial charge in [0.2, 0.25) is 11.4 Å². The molecule has 28 heavy (non-hydrogen) atoms. The third-order valence-corrected chi connectivity index (χ3v) is 4.33. The molecule has 2 heterocycles. The molecule has 0 fully saturated rings. The summed E-state index contributed by atoms with van der Waals surface area (Å²) in [7, 11) is 0. The van der Waals surface area contributed by atoms with Gasteiger partial charge in [-0.1, -0.05) is 0 Å². The van der Waals surface area contributed by atoms with E-state index in [4.69, 9.17) is 13.1 Å². The topological polar surface area (TPSA) is 143 Å². The van der Waals surface area contributed by atoms with E-state index in [1.807, 2.05) is 0 Å². The molecule has 0 bridgehead atoms. The zero-order chi connectivity index (χ0) is 20.3. The van der Waals surface area contributed by atoms with Crippen molar-refractivity contribution >= 4 is 46.0 Å². The van der Waals surface area contributed by atoms with Crippen LogP contribution in [-0.4, -0.2) is 23.9 Å². The van der Waals surface area contributed by atoms with Crippen LogP contribution in [0.3, 0.4) is 0 Å². The molecular formula is C18N4O6. The zero-order valence-corrected chi connectivity index (χ0v) is 13.2. The van der Waals surface area contributed by atoms with Crippen molar-refractivity contribution in [3.05, 3.63) is 56.2 Å². The molecule has 0 saturated carbocycles. The summed E-state index contributed by atoms with van der Waals surface area (Å²) in [5, 5.41) is 18.2. The van der Waals surface area contributed by atoms with Crippen molar-refractivity contribution in [2.24, 2.45) is 0 Å². The molecule has 2 aliphatic rings. The lowest BCUT2D eigenvalue weighted by Crippen LogP contribution is -2.27. The molecule has 0 spiro atoms. The molecule has 2 aromatic rings. The number of rotatable bonds is 0. The summed E-state index contributed by atoms with van der Waals surface area (Å²) in [6.07, 6.45) is 0. The predicted octanol–water partition coefficient (Wildman–Crippen LogP) is 2.31. The lowest BCUT2D eigenvalue weighted by atomic mass is 9.82. The van der Waals surface area contributed by atoms with E-state index in [1.54, 1.807) is 12.1 Å². The Morgan fingerprint density at radius 1 is 0.643 bits per heavy atom. The van der Waals surface area contributed by atoms with Gasteiger partial charge in [0, 0.05) is 10.8 Å². The number of cyclic esters (lactones) is 4. The van der Waals surface area contributed by atoms with Gasteiger partial charge in [0.1, 0.15) is 12.1 Å². The van der Waals surface area contributed by atoms with Gasteiger partial charge in [-0.25, -0.2) is 28.9 Å². The Morgan fingerprint density at radius 2 is 0.964 bits per heavy atom. The van der Waals surface area contributed by atoms with Gasteiger partial charge in [-0.3, -0.25) is 0 Å². The summed E-state index contributed by atoms with van der Waals surface area (Å²) in [6, 6.07) is 3.23. The van der Waals surface area contributed by atoms with Crippen LogP contribution in [0, 0.1) is 35.8 Å². The highest BCUT2D eigenvalue weighted by Gasteiger charge is 2.43. The highest BCUT2D eigenvalue weighted by atomic mass is 16.6. The summed E-state index contributed by atoms with van der Waals surface area (Å²) in [5.41, 5.74) is -4.41. The molecule has 0 aromatic heterocycles. The third-order valence-electron chi connectivity index (χ3n) is 4.33. The average molecular weight is 368 g/mol. The lowest BCUT2D eigenvalue weighted by Gasteiger charge is -2.25. The lowest BCUT2D eigenvalue weighted by molar-refractivity contribution is 0.0366. The van der Waals surface area contributed by atoms with Crippen molar-refractivity contribution in [3.63, 3.8) is 0 Å². The molecule has 0 amide bonds. The minimum atomic E-state index is -1.28. The standard InChI is InChI=1S/C18N4O6/c1-21-13-11-9-7(15(23)27-17(11)25)5(3-19)6(4-20)8-10(9)12(14(13)22-2)18(26)28-16(8)24. The van der Waals surface area contributed by atoms with Crippen LogP contribution < -0.4 is 0 Å². The Morgan fingerprint density at radius 3 is 1.25 bits per heavy atom.